The fraction of sp³-hybridized carbons (Fsp3) is 0.444. The number of para-hydroxylation sites is 2. The van der Waals surface area contributed by atoms with E-state index in [0.29, 0.717) is 6.04 Å². The van der Waals surface area contributed by atoms with Crippen molar-refractivity contribution in [1.82, 2.24) is 0 Å². The molecule has 0 bridgehead atoms. The molecule has 1 fully saturated rings. The van der Waals surface area contributed by atoms with E-state index in [1.165, 1.54) is 62.1 Å². The largest absolute Gasteiger partial charge is 0.377 e. The lowest BCUT2D eigenvalue weighted by Gasteiger charge is -2.28. The van der Waals surface area contributed by atoms with Gasteiger partial charge in [-0.1, -0.05) is 12.1 Å². The Morgan fingerprint density at radius 1 is 1.05 bits per heavy atom. The summed E-state index contributed by atoms with van der Waals surface area (Å²) >= 11 is 1.92. The maximum atomic E-state index is 3.83. The number of rotatable bonds is 3. The van der Waals surface area contributed by atoms with Gasteiger partial charge < -0.3 is 10.2 Å². The van der Waals surface area contributed by atoms with Crippen LogP contribution >= 0.6 is 11.3 Å². The van der Waals surface area contributed by atoms with Crippen molar-refractivity contribution in [2.45, 2.75) is 38.1 Å². The summed E-state index contributed by atoms with van der Waals surface area (Å²) in [5.41, 5.74) is 4.23. The van der Waals surface area contributed by atoms with Crippen molar-refractivity contribution in [3.8, 4) is 0 Å². The summed E-state index contributed by atoms with van der Waals surface area (Å²) < 4.78 is 0. The first-order chi connectivity index (χ1) is 10.4. The van der Waals surface area contributed by atoms with E-state index in [1.807, 2.05) is 11.3 Å². The second kappa shape index (κ2) is 5.72. The molecular formula is C18H22N2S. The first-order valence-electron chi connectivity index (χ1n) is 8.08. The van der Waals surface area contributed by atoms with E-state index in [9.17, 15) is 0 Å². The molecule has 0 saturated carbocycles. The SMILES string of the molecule is c1ccc(N2CCCC2)c(NC2CCCc3sccc32)c1. The Morgan fingerprint density at radius 2 is 1.90 bits per heavy atom. The van der Waals surface area contributed by atoms with Crippen LogP contribution in [0.25, 0.3) is 0 Å². The molecule has 1 unspecified atom stereocenters. The highest BCUT2D eigenvalue weighted by atomic mass is 32.1. The third-order valence-corrected chi connectivity index (χ3v) is 5.73. The second-order valence-corrected chi connectivity index (χ2v) is 7.10. The smallest absolute Gasteiger partial charge is 0.0602 e. The first-order valence-corrected chi connectivity index (χ1v) is 8.96. The number of aryl methyl sites for hydroxylation is 1. The van der Waals surface area contributed by atoms with E-state index in [1.54, 1.807) is 4.88 Å². The van der Waals surface area contributed by atoms with Crippen LogP contribution in [0.1, 0.15) is 42.2 Å². The molecule has 2 heterocycles. The van der Waals surface area contributed by atoms with Gasteiger partial charge in [-0.05, 0) is 61.2 Å². The normalized spacial score (nSPS) is 21.3. The third kappa shape index (κ3) is 2.55. The van der Waals surface area contributed by atoms with Crippen LogP contribution in [0, 0.1) is 0 Å². The molecule has 1 aliphatic carbocycles. The van der Waals surface area contributed by atoms with Gasteiger partial charge in [0.2, 0.25) is 0 Å². The number of hydrogen-bond donors (Lipinski definition) is 1. The Bertz CT molecular complexity index is 613. The van der Waals surface area contributed by atoms with E-state index >= 15 is 0 Å². The van der Waals surface area contributed by atoms with Gasteiger partial charge in [0, 0.05) is 18.0 Å². The summed E-state index contributed by atoms with van der Waals surface area (Å²) in [5, 5.41) is 6.08. The van der Waals surface area contributed by atoms with Gasteiger partial charge >= 0.3 is 0 Å². The number of benzene rings is 1. The van der Waals surface area contributed by atoms with Gasteiger partial charge in [0.05, 0.1) is 17.4 Å². The van der Waals surface area contributed by atoms with Crippen molar-refractivity contribution in [3.63, 3.8) is 0 Å². The van der Waals surface area contributed by atoms with Crippen LogP contribution in [0.15, 0.2) is 35.7 Å². The standard InChI is InChI=1S/C18H22N2S/c1-2-8-17(20-11-3-4-12-20)16(6-1)19-15-7-5-9-18-14(15)10-13-21-18/h1-2,6,8,10,13,15,19H,3-5,7,9,11-12H2. The van der Waals surface area contributed by atoms with Crippen LogP contribution in [-0.4, -0.2) is 13.1 Å². The lowest BCUT2D eigenvalue weighted by Crippen LogP contribution is -2.21. The molecule has 1 aromatic heterocycles. The zero-order chi connectivity index (χ0) is 14.1. The molecule has 0 amide bonds. The predicted octanol–water partition coefficient (Wildman–Crippen LogP) is 4.84. The summed E-state index contributed by atoms with van der Waals surface area (Å²) in [6.07, 6.45) is 6.47. The summed E-state index contributed by atoms with van der Waals surface area (Å²) in [6, 6.07) is 11.6. The minimum atomic E-state index is 0.490. The molecule has 1 saturated heterocycles. The molecule has 1 aromatic carbocycles. The van der Waals surface area contributed by atoms with Crippen molar-refractivity contribution in [1.29, 1.82) is 0 Å². The van der Waals surface area contributed by atoms with Crippen LogP contribution in [0.3, 0.4) is 0 Å². The van der Waals surface area contributed by atoms with Crippen LogP contribution < -0.4 is 10.2 Å². The van der Waals surface area contributed by atoms with Crippen LogP contribution in [0.5, 0.6) is 0 Å². The molecule has 0 radical (unpaired) electrons. The Balaban J connectivity index is 1.61. The van der Waals surface area contributed by atoms with E-state index in [2.05, 4.69) is 45.9 Å². The molecule has 2 nitrogen and oxygen atoms in total. The molecule has 21 heavy (non-hydrogen) atoms. The molecule has 3 heteroatoms. The Labute approximate surface area is 130 Å². The summed E-state index contributed by atoms with van der Waals surface area (Å²) in [7, 11) is 0. The van der Waals surface area contributed by atoms with Gasteiger partial charge in [-0.15, -0.1) is 11.3 Å². The molecule has 0 spiro atoms. The molecule has 1 atom stereocenters. The van der Waals surface area contributed by atoms with E-state index in [-0.39, 0.29) is 0 Å². The Kier molecular flexibility index (Phi) is 3.60. The van der Waals surface area contributed by atoms with Crippen molar-refractivity contribution >= 4 is 22.7 Å². The molecule has 1 aliphatic heterocycles. The van der Waals surface area contributed by atoms with Crippen molar-refractivity contribution < 1.29 is 0 Å². The maximum Gasteiger partial charge on any atom is 0.0602 e. The fourth-order valence-electron chi connectivity index (χ4n) is 3.65. The Hall–Kier alpha value is -1.48. The number of nitrogens with one attached hydrogen (secondary N) is 1. The monoisotopic (exact) mass is 298 g/mol. The molecule has 110 valence electrons. The van der Waals surface area contributed by atoms with E-state index in [4.69, 9.17) is 0 Å². The first kappa shape index (κ1) is 13.2. The highest BCUT2D eigenvalue weighted by Gasteiger charge is 2.23. The van der Waals surface area contributed by atoms with Crippen LogP contribution in [0.4, 0.5) is 11.4 Å². The summed E-state index contributed by atoms with van der Waals surface area (Å²) in [6.45, 7) is 2.40. The molecular weight excluding hydrogens is 276 g/mol. The molecule has 1 N–H and O–H groups in total. The topological polar surface area (TPSA) is 15.3 Å². The predicted molar refractivity (Wildman–Crippen MR) is 91.5 cm³/mol. The van der Waals surface area contributed by atoms with Gasteiger partial charge in [-0.25, -0.2) is 0 Å². The molecule has 2 aliphatic rings. The van der Waals surface area contributed by atoms with Crippen molar-refractivity contribution in [2.24, 2.45) is 0 Å². The van der Waals surface area contributed by atoms with Crippen LogP contribution in [0.2, 0.25) is 0 Å². The third-order valence-electron chi connectivity index (χ3n) is 4.73. The molecule has 4 rings (SSSR count). The number of anilines is 2. The number of nitrogens with zero attached hydrogens (tertiary/aromatic N) is 1. The van der Waals surface area contributed by atoms with Crippen molar-refractivity contribution in [3.05, 3.63) is 46.2 Å². The Morgan fingerprint density at radius 3 is 2.81 bits per heavy atom. The van der Waals surface area contributed by atoms with E-state index < -0.39 is 0 Å². The zero-order valence-corrected chi connectivity index (χ0v) is 13.2. The van der Waals surface area contributed by atoms with Gasteiger partial charge in [-0.3, -0.25) is 0 Å². The lowest BCUT2D eigenvalue weighted by molar-refractivity contribution is 0.609. The zero-order valence-electron chi connectivity index (χ0n) is 12.3. The number of hydrogen-bond acceptors (Lipinski definition) is 3. The highest BCUT2D eigenvalue weighted by molar-refractivity contribution is 7.10. The highest BCUT2D eigenvalue weighted by Crippen LogP contribution is 2.38. The van der Waals surface area contributed by atoms with Crippen LogP contribution in [-0.2, 0) is 6.42 Å². The average molecular weight is 298 g/mol. The molecule has 2 aromatic rings. The fourth-order valence-corrected chi connectivity index (χ4v) is 4.64. The average Bonchev–Trinajstić information content (AvgIpc) is 3.20. The quantitative estimate of drug-likeness (QED) is 0.872. The minimum Gasteiger partial charge on any atom is -0.377 e. The second-order valence-electron chi connectivity index (χ2n) is 6.10. The lowest BCUT2D eigenvalue weighted by atomic mass is 9.94. The van der Waals surface area contributed by atoms with Gasteiger partial charge in [-0.2, -0.15) is 0 Å². The maximum absolute atomic E-state index is 3.83. The van der Waals surface area contributed by atoms with Crippen molar-refractivity contribution in [2.75, 3.05) is 23.3 Å². The summed E-state index contributed by atoms with van der Waals surface area (Å²) in [5.74, 6) is 0. The summed E-state index contributed by atoms with van der Waals surface area (Å²) in [4.78, 5) is 4.11. The van der Waals surface area contributed by atoms with Gasteiger partial charge in [0.15, 0.2) is 0 Å². The minimum absolute atomic E-state index is 0.490. The number of fused-ring (bicyclic) bond motifs is 1. The number of thiophene rings is 1. The van der Waals surface area contributed by atoms with Gasteiger partial charge in [0.25, 0.3) is 0 Å². The van der Waals surface area contributed by atoms with E-state index in [0.717, 1.165) is 0 Å². The van der Waals surface area contributed by atoms with Gasteiger partial charge in [0.1, 0.15) is 0 Å².